The van der Waals surface area contributed by atoms with Crippen LogP contribution >= 0.6 is 0 Å². The Balaban J connectivity index is 1.86. The second-order valence-corrected chi connectivity index (χ2v) is 8.03. The van der Waals surface area contributed by atoms with Crippen molar-refractivity contribution in [2.75, 3.05) is 10.0 Å². The summed E-state index contributed by atoms with van der Waals surface area (Å²) in [5.41, 5.74) is 3.83. The Hall–Kier alpha value is -3.13. The van der Waals surface area contributed by atoms with Crippen LogP contribution in [0.1, 0.15) is 27.0 Å². The molecule has 0 fully saturated rings. The van der Waals surface area contributed by atoms with E-state index in [0.717, 1.165) is 16.7 Å². The number of carbonyl (C=O) groups is 1. The van der Waals surface area contributed by atoms with Gasteiger partial charge in [-0.05, 0) is 56.2 Å². The number of nitrogens with zero attached hydrogens (tertiary/aromatic N) is 1. The Morgan fingerprint density at radius 1 is 0.926 bits per heavy atom. The Morgan fingerprint density at radius 3 is 2.19 bits per heavy atom. The highest BCUT2D eigenvalue weighted by atomic mass is 32.2. The molecule has 0 aliphatic rings. The van der Waals surface area contributed by atoms with E-state index in [1.54, 1.807) is 24.3 Å². The average molecular weight is 384 g/mol. The van der Waals surface area contributed by atoms with Crippen LogP contribution in [0.2, 0.25) is 0 Å². The maximum atomic E-state index is 12.7. The predicted octanol–water partition coefficient (Wildman–Crippen LogP) is 3.39. The van der Waals surface area contributed by atoms with Crippen LogP contribution in [0.3, 0.4) is 0 Å². The minimum absolute atomic E-state index is 0.0625. The summed E-state index contributed by atoms with van der Waals surface area (Å²) in [6.07, 6.45) is 1.19. The fraction of sp³-hybridized carbons (Fsp3) is 0.158. The molecule has 3 rings (SSSR count). The van der Waals surface area contributed by atoms with E-state index in [0.29, 0.717) is 11.4 Å². The van der Waals surface area contributed by atoms with Crippen molar-refractivity contribution >= 4 is 27.3 Å². The lowest BCUT2D eigenvalue weighted by molar-refractivity contribution is 0.102. The lowest BCUT2D eigenvalue weighted by atomic mass is 10.1. The topological polar surface area (TPSA) is 104 Å². The molecule has 0 unspecified atom stereocenters. The van der Waals surface area contributed by atoms with E-state index < -0.39 is 15.9 Å². The van der Waals surface area contributed by atoms with Crippen molar-refractivity contribution in [3.05, 3.63) is 70.9 Å². The van der Waals surface area contributed by atoms with Crippen LogP contribution in [0.5, 0.6) is 0 Å². The lowest BCUT2D eigenvalue weighted by Gasteiger charge is -2.10. The number of hydrogen-bond donors (Lipinski definition) is 3. The first kappa shape index (κ1) is 18.7. The zero-order valence-corrected chi connectivity index (χ0v) is 16.0. The van der Waals surface area contributed by atoms with Gasteiger partial charge >= 0.3 is 0 Å². The number of aryl methyl sites for hydroxylation is 3. The Kier molecular flexibility index (Phi) is 5.00. The number of carbonyl (C=O) groups excluding carboxylic acids is 1. The van der Waals surface area contributed by atoms with E-state index in [1.165, 1.54) is 6.20 Å². The number of nitrogens with one attached hydrogen (secondary N) is 3. The monoisotopic (exact) mass is 384 g/mol. The fourth-order valence-electron chi connectivity index (χ4n) is 2.72. The van der Waals surface area contributed by atoms with Gasteiger partial charge in [0.15, 0.2) is 5.03 Å². The van der Waals surface area contributed by atoms with E-state index in [4.69, 9.17) is 0 Å². The smallest absolute Gasteiger partial charge is 0.279 e. The van der Waals surface area contributed by atoms with E-state index >= 15 is 0 Å². The molecular formula is C19H20N4O3S. The molecule has 0 radical (unpaired) electrons. The van der Waals surface area contributed by atoms with E-state index in [2.05, 4.69) is 20.2 Å². The van der Waals surface area contributed by atoms with Gasteiger partial charge in [0.2, 0.25) is 0 Å². The first-order chi connectivity index (χ1) is 12.7. The highest BCUT2D eigenvalue weighted by molar-refractivity contribution is 7.92. The van der Waals surface area contributed by atoms with Crippen LogP contribution in [0, 0.1) is 20.8 Å². The van der Waals surface area contributed by atoms with Crippen LogP contribution in [0.15, 0.2) is 53.7 Å². The molecule has 0 spiro atoms. The number of aromatic nitrogens is 2. The predicted molar refractivity (Wildman–Crippen MR) is 104 cm³/mol. The molecule has 1 amide bonds. The molecule has 2 aromatic carbocycles. The molecule has 0 atom stereocenters. The van der Waals surface area contributed by atoms with Crippen molar-refractivity contribution in [3.63, 3.8) is 0 Å². The maximum absolute atomic E-state index is 12.7. The number of aromatic amines is 1. The number of rotatable bonds is 5. The third kappa shape index (κ3) is 4.35. The number of sulfonamides is 1. The van der Waals surface area contributed by atoms with Crippen LogP contribution in [-0.4, -0.2) is 24.5 Å². The number of H-pyrrole nitrogens is 1. The first-order valence-electron chi connectivity index (χ1n) is 8.27. The number of amides is 1. The lowest BCUT2D eigenvalue weighted by Crippen LogP contribution is -2.20. The van der Waals surface area contributed by atoms with Gasteiger partial charge < -0.3 is 5.32 Å². The number of benzene rings is 2. The van der Waals surface area contributed by atoms with E-state index in [9.17, 15) is 13.2 Å². The van der Waals surface area contributed by atoms with E-state index in [-0.39, 0.29) is 10.6 Å². The van der Waals surface area contributed by atoms with Gasteiger partial charge in [0.25, 0.3) is 15.9 Å². The van der Waals surface area contributed by atoms with Gasteiger partial charge in [0.05, 0.1) is 11.8 Å². The molecule has 0 aliphatic carbocycles. The van der Waals surface area contributed by atoms with Crippen LogP contribution < -0.4 is 10.0 Å². The summed E-state index contributed by atoms with van der Waals surface area (Å²) in [7, 11) is -4.01. The molecule has 8 heteroatoms. The molecule has 0 saturated heterocycles. The van der Waals surface area contributed by atoms with Crippen LogP contribution in [0.25, 0.3) is 0 Å². The minimum atomic E-state index is -4.01. The van der Waals surface area contributed by atoms with Crippen molar-refractivity contribution in [3.8, 4) is 0 Å². The molecule has 3 aromatic rings. The molecule has 1 heterocycles. The van der Waals surface area contributed by atoms with Crippen molar-refractivity contribution in [2.45, 2.75) is 25.8 Å². The summed E-state index contributed by atoms with van der Waals surface area (Å²) in [6, 6.07) is 12.6. The fourth-order valence-corrected chi connectivity index (χ4v) is 3.85. The third-order valence-corrected chi connectivity index (χ3v) is 5.25. The molecule has 0 saturated carbocycles. The highest BCUT2D eigenvalue weighted by Gasteiger charge is 2.25. The van der Waals surface area contributed by atoms with Gasteiger partial charge in [-0.15, -0.1) is 0 Å². The normalized spacial score (nSPS) is 11.2. The van der Waals surface area contributed by atoms with Crippen molar-refractivity contribution in [2.24, 2.45) is 0 Å². The average Bonchev–Trinajstić information content (AvgIpc) is 3.06. The first-order valence-corrected chi connectivity index (χ1v) is 9.75. The molecule has 0 bridgehead atoms. The molecular weight excluding hydrogens is 364 g/mol. The van der Waals surface area contributed by atoms with Gasteiger partial charge in [0, 0.05) is 11.4 Å². The zero-order valence-electron chi connectivity index (χ0n) is 15.2. The van der Waals surface area contributed by atoms with E-state index in [1.807, 2.05) is 39.0 Å². The van der Waals surface area contributed by atoms with Crippen LogP contribution in [-0.2, 0) is 10.0 Å². The summed E-state index contributed by atoms with van der Waals surface area (Å²) in [5, 5.41) is 8.54. The summed E-state index contributed by atoms with van der Waals surface area (Å²) < 4.78 is 28.0. The standard InChI is InChI=1S/C19H20N4O3S/c1-12-4-6-15(7-5-12)21-18(24)17-11-20-22-19(17)27(25,26)23-16-9-13(2)8-14(3)10-16/h4-11,23H,1-3H3,(H,20,22)(H,21,24). The molecule has 0 aliphatic heterocycles. The van der Waals surface area contributed by atoms with Gasteiger partial charge in [-0.3, -0.25) is 14.6 Å². The third-order valence-electron chi connectivity index (χ3n) is 3.90. The van der Waals surface area contributed by atoms with Crippen molar-refractivity contribution in [1.29, 1.82) is 0 Å². The second kappa shape index (κ2) is 7.24. The SMILES string of the molecule is Cc1ccc(NC(=O)c2cn[nH]c2S(=O)(=O)Nc2cc(C)cc(C)c2)cc1. The van der Waals surface area contributed by atoms with Crippen molar-refractivity contribution in [1.82, 2.24) is 10.2 Å². The van der Waals surface area contributed by atoms with Gasteiger partial charge in [-0.1, -0.05) is 23.8 Å². The van der Waals surface area contributed by atoms with Gasteiger partial charge in [-0.25, -0.2) is 0 Å². The Morgan fingerprint density at radius 2 is 1.56 bits per heavy atom. The Bertz CT molecular complexity index is 1070. The quantitative estimate of drug-likeness (QED) is 0.627. The molecule has 140 valence electrons. The van der Waals surface area contributed by atoms with Crippen LogP contribution in [0.4, 0.5) is 11.4 Å². The maximum Gasteiger partial charge on any atom is 0.279 e. The van der Waals surface area contributed by atoms with Gasteiger partial charge in [-0.2, -0.15) is 13.5 Å². The van der Waals surface area contributed by atoms with Gasteiger partial charge in [0.1, 0.15) is 0 Å². The minimum Gasteiger partial charge on any atom is -0.322 e. The summed E-state index contributed by atoms with van der Waals surface area (Å²) in [5.74, 6) is -0.562. The summed E-state index contributed by atoms with van der Waals surface area (Å²) in [4.78, 5) is 12.5. The second-order valence-electron chi connectivity index (χ2n) is 6.41. The molecule has 1 aromatic heterocycles. The van der Waals surface area contributed by atoms with Crippen molar-refractivity contribution < 1.29 is 13.2 Å². The summed E-state index contributed by atoms with van der Waals surface area (Å²) in [6.45, 7) is 5.69. The molecule has 27 heavy (non-hydrogen) atoms. The zero-order chi connectivity index (χ0) is 19.6. The Labute approximate surface area is 157 Å². The molecule has 3 N–H and O–H groups in total. The largest absolute Gasteiger partial charge is 0.322 e. The summed E-state index contributed by atoms with van der Waals surface area (Å²) >= 11 is 0. The molecule has 7 nitrogen and oxygen atoms in total. The number of hydrogen-bond acceptors (Lipinski definition) is 4. The number of anilines is 2. The highest BCUT2D eigenvalue weighted by Crippen LogP contribution is 2.21.